The molecule has 0 aliphatic carbocycles. The molecule has 134 valence electrons. The minimum Gasteiger partial charge on any atom is -0.408 e. The number of anilines is 1. The molecule has 5 rings (SSSR count). The molecule has 4 aromatic rings. The number of benzene rings is 2. The smallest absolute Gasteiger partial charge is 0.408 e. The fourth-order valence-corrected chi connectivity index (χ4v) is 3.64. The van der Waals surface area contributed by atoms with Crippen molar-refractivity contribution in [2.75, 3.05) is 5.32 Å². The van der Waals surface area contributed by atoms with E-state index in [0.29, 0.717) is 24.4 Å². The summed E-state index contributed by atoms with van der Waals surface area (Å²) in [4.78, 5) is 24.6. The largest absolute Gasteiger partial charge is 0.419 e. The third-order valence-electron chi connectivity index (χ3n) is 4.90. The molecule has 1 aliphatic rings. The first-order valence-electron chi connectivity index (χ1n) is 8.72. The van der Waals surface area contributed by atoms with Crippen LogP contribution in [0.5, 0.6) is 0 Å². The Morgan fingerprint density at radius 3 is 2.70 bits per heavy atom. The molecular weight excluding hydrogens is 344 g/mol. The summed E-state index contributed by atoms with van der Waals surface area (Å²) in [6, 6.07) is 16.9. The van der Waals surface area contributed by atoms with Crippen LogP contribution < -0.4 is 11.1 Å². The first-order valence-corrected chi connectivity index (χ1v) is 8.72. The lowest BCUT2D eigenvalue weighted by Crippen LogP contribution is -2.28. The summed E-state index contributed by atoms with van der Waals surface area (Å²) in [5, 5.41) is 7.38. The van der Waals surface area contributed by atoms with Crippen LogP contribution in [-0.4, -0.2) is 20.3 Å². The predicted molar refractivity (Wildman–Crippen MR) is 100 cm³/mol. The molecule has 2 aromatic carbocycles. The van der Waals surface area contributed by atoms with Crippen molar-refractivity contribution in [2.24, 2.45) is 0 Å². The summed E-state index contributed by atoms with van der Waals surface area (Å²) < 4.78 is 8.62. The van der Waals surface area contributed by atoms with Crippen LogP contribution in [0.1, 0.15) is 17.9 Å². The standard InChI is InChI=1S/C20H16N4O3/c25-18-10-13(12-23-16-8-4-5-9-17(16)27-20(23)26)15-11-21-24(19(15)22-18)14-6-2-1-3-7-14/h1-9,11,13H,10,12H2,(H,22,25)/t13-/m1/s1. The second kappa shape index (κ2) is 5.98. The number of hydrogen-bond acceptors (Lipinski definition) is 4. The minimum absolute atomic E-state index is 0.0916. The van der Waals surface area contributed by atoms with Gasteiger partial charge in [0.2, 0.25) is 5.91 Å². The van der Waals surface area contributed by atoms with E-state index in [-0.39, 0.29) is 11.8 Å². The van der Waals surface area contributed by atoms with E-state index in [1.165, 1.54) is 0 Å². The first-order chi connectivity index (χ1) is 13.2. The third-order valence-corrected chi connectivity index (χ3v) is 4.90. The molecule has 1 atom stereocenters. The molecule has 1 aliphatic heterocycles. The number of amides is 1. The molecule has 7 heteroatoms. The number of para-hydroxylation sites is 3. The second-order valence-electron chi connectivity index (χ2n) is 6.59. The molecule has 1 N–H and O–H groups in total. The maximum Gasteiger partial charge on any atom is 0.419 e. The van der Waals surface area contributed by atoms with Crippen molar-refractivity contribution in [1.82, 2.24) is 14.3 Å². The second-order valence-corrected chi connectivity index (χ2v) is 6.59. The molecule has 0 radical (unpaired) electrons. The maximum absolute atomic E-state index is 12.3. The fraction of sp³-hybridized carbons (Fsp3) is 0.150. The van der Waals surface area contributed by atoms with E-state index in [9.17, 15) is 9.59 Å². The molecule has 0 bridgehead atoms. The summed E-state index contributed by atoms with van der Waals surface area (Å²) >= 11 is 0. The number of carbonyl (C=O) groups is 1. The fourth-order valence-electron chi connectivity index (χ4n) is 3.64. The quantitative estimate of drug-likeness (QED) is 0.609. The van der Waals surface area contributed by atoms with Gasteiger partial charge >= 0.3 is 5.76 Å². The van der Waals surface area contributed by atoms with Crippen LogP contribution in [0.25, 0.3) is 16.8 Å². The van der Waals surface area contributed by atoms with Crippen molar-refractivity contribution in [3.05, 3.63) is 76.9 Å². The lowest BCUT2D eigenvalue weighted by Gasteiger charge is -2.23. The van der Waals surface area contributed by atoms with Crippen molar-refractivity contribution >= 4 is 22.8 Å². The molecule has 7 nitrogen and oxygen atoms in total. The molecule has 2 aromatic heterocycles. The van der Waals surface area contributed by atoms with Gasteiger partial charge in [0.15, 0.2) is 5.58 Å². The van der Waals surface area contributed by atoms with Gasteiger partial charge in [-0.1, -0.05) is 30.3 Å². The van der Waals surface area contributed by atoms with Crippen molar-refractivity contribution in [3.63, 3.8) is 0 Å². The van der Waals surface area contributed by atoms with Gasteiger partial charge < -0.3 is 9.73 Å². The monoisotopic (exact) mass is 360 g/mol. The highest BCUT2D eigenvalue weighted by atomic mass is 16.4. The highest BCUT2D eigenvalue weighted by Gasteiger charge is 2.30. The van der Waals surface area contributed by atoms with E-state index >= 15 is 0 Å². The zero-order valence-corrected chi connectivity index (χ0v) is 14.3. The van der Waals surface area contributed by atoms with Gasteiger partial charge in [0.05, 0.1) is 17.4 Å². The lowest BCUT2D eigenvalue weighted by molar-refractivity contribution is -0.117. The number of nitrogens with zero attached hydrogens (tertiary/aromatic N) is 3. The van der Waals surface area contributed by atoms with Crippen molar-refractivity contribution in [1.29, 1.82) is 0 Å². The average molecular weight is 360 g/mol. The average Bonchev–Trinajstić information content (AvgIpc) is 3.24. The molecule has 0 unspecified atom stereocenters. The van der Waals surface area contributed by atoms with E-state index in [1.807, 2.05) is 48.5 Å². The van der Waals surface area contributed by atoms with E-state index < -0.39 is 5.76 Å². The Balaban J connectivity index is 1.58. The zero-order valence-electron chi connectivity index (χ0n) is 14.3. The third kappa shape index (κ3) is 2.55. The van der Waals surface area contributed by atoms with Gasteiger partial charge in [-0.3, -0.25) is 9.36 Å². The van der Waals surface area contributed by atoms with E-state index in [2.05, 4.69) is 10.4 Å². The topological polar surface area (TPSA) is 82.1 Å². The summed E-state index contributed by atoms with van der Waals surface area (Å²) in [5.74, 6) is -0.0153. The van der Waals surface area contributed by atoms with Crippen LogP contribution >= 0.6 is 0 Å². The summed E-state index contributed by atoms with van der Waals surface area (Å²) in [5.41, 5.74) is 3.05. The number of hydrogen-bond donors (Lipinski definition) is 1. The number of fused-ring (bicyclic) bond motifs is 2. The SMILES string of the molecule is O=C1C[C@H](Cn2c(=O)oc3ccccc32)c2cnn(-c3ccccc3)c2N1. The van der Waals surface area contributed by atoms with Crippen molar-refractivity contribution < 1.29 is 9.21 Å². The molecule has 0 spiro atoms. The molecule has 27 heavy (non-hydrogen) atoms. The van der Waals surface area contributed by atoms with Crippen LogP contribution in [0.15, 0.2) is 70.0 Å². The first kappa shape index (κ1) is 15.6. The van der Waals surface area contributed by atoms with Gasteiger partial charge in [-0.05, 0) is 24.3 Å². The highest BCUT2D eigenvalue weighted by molar-refractivity contribution is 5.94. The number of oxazole rings is 1. The maximum atomic E-state index is 12.3. The minimum atomic E-state index is -0.417. The van der Waals surface area contributed by atoms with Crippen LogP contribution in [-0.2, 0) is 11.3 Å². The van der Waals surface area contributed by atoms with Gasteiger partial charge in [-0.25, -0.2) is 9.48 Å². The van der Waals surface area contributed by atoms with Gasteiger partial charge in [0.1, 0.15) is 5.82 Å². The van der Waals surface area contributed by atoms with Crippen LogP contribution in [0.2, 0.25) is 0 Å². The predicted octanol–water partition coefficient (Wildman–Crippen LogP) is 2.91. The Labute approximate surface area is 153 Å². The number of nitrogens with one attached hydrogen (secondary N) is 1. The van der Waals surface area contributed by atoms with E-state index in [4.69, 9.17) is 4.42 Å². The molecule has 0 fully saturated rings. The Morgan fingerprint density at radius 1 is 1.07 bits per heavy atom. The van der Waals surface area contributed by atoms with Gasteiger partial charge in [0.25, 0.3) is 0 Å². The van der Waals surface area contributed by atoms with Crippen LogP contribution in [0, 0.1) is 0 Å². The number of rotatable bonds is 3. The number of aromatic nitrogens is 3. The molecule has 3 heterocycles. The Morgan fingerprint density at radius 2 is 1.85 bits per heavy atom. The van der Waals surface area contributed by atoms with E-state index in [0.717, 1.165) is 16.8 Å². The summed E-state index contributed by atoms with van der Waals surface area (Å²) in [6.45, 7) is 0.358. The Bertz CT molecular complexity index is 1200. The van der Waals surface area contributed by atoms with E-state index in [1.54, 1.807) is 21.5 Å². The van der Waals surface area contributed by atoms with Gasteiger partial charge in [-0.15, -0.1) is 0 Å². The Hall–Kier alpha value is -3.61. The Kier molecular flexibility index (Phi) is 3.46. The molecule has 0 saturated heterocycles. The van der Waals surface area contributed by atoms with Crippen LogP contribution in [0.3, 0.4) is 0 Å². The summed E-state index contributed by atoms with van der Waals surface area (Å²) in [6.07, 6.45) is 2.05. The summed E-state index contributed by atoms with van der Waals surface area (Å²) in [7, 11) is 0. The van der Waals surface area contributed by atoms with Crippen molar-refractivity contribution in [3.8, 4) is 5.69 Å². The number of carbonyl (C=O) groups excluding carboxylic acids is 1. The zero-order chi connectivity index (χ0) is 18.4. The van der Waals surface area contributed by atoms with Crippen LogP contribution in [0.4, 0.5) is 5.82 Å². The molecular formula is C20H16N4O3. The molecule has 0 saturated carbocycles. The lowest BCUT2D eigenvalue weighted by atomic mass is 9.94. The normalized spacial score (nSPS) is 16.3. The highest BCUT2D eigenvalue weighted by Crippen LogP contribution is 2.35. The van der Waals surface area contributed by atoms with Gasteiger partial charge in [0, 0.05) is 24.4 Å². The van der Waals surface area contributed by atoms with Crippen molar-refractivity contribution in [2.45, 2.75) is 18.9 Å². The molecule has 1 amide bonds. The van der Waals surface area contributed by atoms with Gasteiger partial charge in [-0.2, -0.15) is 5.10 Å².